The molecule has 0 atom stereocenters. The van der Waals surface area contributed by atoms with E-state index in [-0.39, 0.29) is 5.91 Å². The van der Waals surface area contributed by atoms with Crippen molar-refractivity contribution < 1.29 is 4.79 Å². The van der Waals surface area contributed by atoms with E-state index in [0.29, 0.717) is 17.2 Å². The molecule has 0 saturated carbocycles. The molecule has 20 heavy (non-hydrogen) atoms. The number of nitrogen functional groups attached to an aromatic ring is 1. The number of hydrazine groups is 1. The number of rotatable bonds is 3. The van der Waals surface area contributed by atoms with Gasteiger partial charge >= 0.3 is 0 Å². The Bertz CT molecular complexity index is 733. The lowest BCUT2D eigenvalue weighted by atomic mass is 10.2. The fourth-order valence-corrected chi connectivity index (χ4v) is 1.89. The number of carbonyl (C=O) groups is 1. The molecule has 0 radical (unpaired) electrons. The average Bonchev–Trinajstić information content (AvgIpc) is 2.89. The first-order valence-corrected chi connectivity index (χ1v) is 5.94. The highest BCUT2D eigenvalue weighted by molar-refractivity contribution is 6.07. The van der Waals surface area contributed by atoms with Crippen molar-refractivity contribution in [2.45, 2.75) is 0 Å². The van der Waals surface area contributed by atoms with E-state index >= 15 is 0 Å². The van der Waals surface area contributed by atoms with Gasteiger partial charge in [-0.15, -0.1) is 0 Å². The first kappa shape index (κ1) is 12.1. The number of amides is 1. The molecule has 2 heterocycles. The topological polar surface area (TPSA) is 109 Å². The molecule has 100 valence electrons. The van der Waals surface area contributed by atoms with E-state index in [1.807, 2.05) is 24.3 Å². The number of hydrogen-bond donors (Lipinski definition) is 4. The second-order valence-corrected chi connectivity index (χ2v) is 4.12. The molecule has 0 aliphatic heterocycles. The van der Waals surface area contributed by atoms with Crippen LogP contribution in [-0.2, 0) is 0 Å². The largest absolute Gasteiger partial charge is 0.324 e. The van der Waals surface area contributed by atoms with E-state index in [4.69, 9.17) is 5.84 Å². The van der Waals surface area contributed by atoms with E-state index in [1.54, 1.807) is 12.3 Å². The third kappa shape index (κ3) is 2.17. The third-order valence-electron chi connectivity index (χ3n) is 2.84. The van der Waals surface area contributed by atoms with Crippen LogP contribution in [0.3, 0.4) is 0 Å². The van der Waals surface area contributed by atoms with Crippen LogP contribution in [0.4, 0.5) is 11.6 Å². The van der Waals surface area contributed by atoms with Gasteiger partial charge in [0.15, 0.2) is 0 Å². The number of para-hydroxylation sites is 2. The molecule has 7 heteroatoms. The summed E-state index contributed by atoms with van der Waals surface area (Å²) in [5.41, 5.74) is 4.93. The Morgan fingerprint density at radius 1 is 1.25 bits per heavy atom. The van der Waals surface area contributed by atoms with Crippen molar-refractivity contribution in [1.29, 1.82) is 0 Å². The first-order chi connectivity index (χ1) is 9.78. The molecule has 0 fully saturated rings. The van der Waals surface area contributed by atoms with Gasteiger partial charge < -0.3 is 10.4 Å². The number of pyridine rings is 1. The van der Waals surface area contributed by atoms with Gasteiger partial charge in [-0.2, -0.15) is 0 Å². The van der Waals surface area contributed by atoms with Crippen molar-refractivity contribution >= 4 is 28.6 Å². The minimum Gasteiger partial charge on any atom is -0.324 e. The van der Waals surface area contributed by atoms with Gasteiger partial charge in [-0.25, -0.2) is 4.98 Å². The van der Waals surface area contributed by atoms with Gasteiger partial charge in [0.2, 0.25) is 5.95 Å². The van der Waals surface area contributed by atoms with Gasteiger partial charge in [-0.1, -0.05) is 12.1 Å². The van der Waals surface area contributed by atoms with Crippen molar-refractivity contribution in [2.75, 3.05) is 10.7 Å². The van der Waals surface area contributed by atoms with Gasteiger partial charge in [0.25, 0.3) is 5.91 Å². The number of aromatic nitrogens is 3. The van der Waals surface area contributed by atoms with Crippen LogP contribution in [0.15, 0.2) is 42.7 Å². The zero-order valence-electron chi connectivity index (χ0n) is 10.4. The quantitative estimate of drug-likeness (QED) is 0.425. The maximum atomic E-state index is 12.2. The molecule has 5 N–H and O–H groups in total. The van der Waals surface area contributed by atoms with E-state index in [0.717, 1.165) is 11.0 Å². The van der Waals surface area contributed by atoms with E-state index in [1.165, 1.54) is 6.20 Å². The summed E-state index contributed by atoms with van der Waals surface area (Å²) in [5, 5.41) is 2.68. The molecule has 7 nitrogen and oxygen atoms in total. The van der Waals surface area contributed by atoms with Crippen molar-refractivity contribution in [3.63, 3.8) is 0 Å². The molecule has 2 aromatic heterocycles. The van der Waals surface area contributed by atoms with Gasteiger partial charge in [-0.3, -0.25) is 20.9 Å². The van der Waals surface area contributed by atoms with Crippen LogP contribution in [0, 0.1) is 0 Å². The Morgan fingerprint density at radius 3 is 2.90 bits per heavy atom. The normalized spacial score (nSPS) is 10.4. The van der Waals surface area contributed by atoms with Crippen molar-refractivity contribution in [3.8, 4) is 0 Å². The van der Waals surface area contributed by atoms with Crippen molar-refractivity contribution in [3.05, 3.63) is 48.3 Å². The predicted octanol–water partition coefficient (Wildman–Crippen LogP) is 1.50. The lowest BCUT2D eigenvalue weighted by Crippen LogP contribution is -2.18. The fraction of sp³-hybridized carbons (Fsp3) is 0. The van der Waals surface area contributed by atoms with Crippen LogP contribution in [0.2, 0.25) is 0 Å². The highest BCUT2D eigenvalue weighted by Crippen LogP contribution is 2.16. The van der Waals surface area contributed by atoms with E-state index in [9.17, 15) is 4.79 Å². The van der Waals surface area contributed by atoms with Crippen LogP contribution >= 0.6 is 0 Å². The molecule has 0 saturated heterocycles. The zero-order chi connectivity index (χ0) is 13.9. The number of nitrogens with one attached hydrogen (secondary N) is 3. The Balaban J connectivity index is 1.88. The number of aromatic amines is 1. The van der Waals surface area contributed by atoms with Crippen LogP contribution in [0.5, 0.6) is 0 Å². The lowest BCUT2D eigenvalue weighted by molar-refractivity contribution is 0.102. The Kier molecular flexibility index (Phi) is 3.02. The standard InChI is InChI=1S/C13H12N6O/c14-19-9-5-6-15-7-8(9)12(20)18-13-16-10-3-1-2-4-11(10)17-13/h1-7H,14H2,(H,15,19)(H2,16,17,18,20). The summed E-state index contributed by atoms with van der Waals surface area (Å²) >= 11 is 0. The lowest BCUT2D eigenvalue weighted by Gasteiger charge is -2.06. The second-order valence-electron chi connectivity index (χ2n) is 4.12. The Morgan fingerprint density at radius 2 is 2.10 bits per heavy atom. The van der Waals surface area contributed by atoms with E-state index < -0.39 is 0 Å². The number of nitrogens with zero attached hydrogens (tertiary/aromatic N) is 2. The molecule has 1 aromatic carbocycles. The van der Waals surface area contributed by atoms with Crippen molar-refractivity contribution in [2.24, 2.45) is 5.84 Å². The summed E-state index contributed by atoms with van der Waals surface area (Å²) in [7, 11) is 0. The summed E-state index contributed by atoms with van der Waals surface area (Å²) in [5.74, 6) is 5.40. The predicted molar refractivity (Wildman–Crippen MR) is 76.1 cm³/mol. The summed E-state index contributed by atoms with van der Waals surface area (Å²) in [6, 6.07) is 9.14. The molecule has 1 amide bonds. The van der Waals surface area contributed by atoms with E-state index in [2.05, 4.69) is 25.7 Å². The average molecular weight is 268 g/mol. The van der Waals surface area contributed by atoms with Crippen LogP contribution < -0.4 is 16.6 Å². The van der Waals surface area contributed by atoms with Gasteiger partial charge in [0.05, 0.1) is 22.3 Å². The zero-order valence-corrected chi connectivity index (χ0v) is 10.4. The minimum atomic E-state index is -0.342. The molecular weight excluding hydrogens is 256 g/mol. The number of hydrogen-bond acceptors (Lipinski definition) is 5. The summed E-state index contributed by atoms with van der Waals surface area (Å²) in [6.45, 7) is 0. The molecular formula is C13H12N6O. The number of anilines is 2. The molecule has 3 aromatic rings. The number of carbonyl (C=O) groups excluding carboxylic acids is 1. The number of benzene rings is 1. The summed E-state index contributed by atoms with van der Waals surface area (Å²) in [6.07, 6.45) is 2.99. The maximum Gasteiger partial charge on any atom is 0.261 e. The third-order valence-corrected chi connectivity index (χ3v) is 2.84. The maximum absolute atomic E-state index is 12.2. The monoisotopic (exact) mass is 268 g/mol. The van der Waals surface area contributed by atoms with Gasteiger partial charge in [0.1, 0.15) is 0 Å². The van der Waals surface area contributed by atoms with Crippen LogP contribution in [-0.4, -0.2) is 20.9 Å². The SMILES string of the molecule is NNc1ccncc1C(=O)Nc1nc2ccccc2[nH]1. The van der Waals surface area contributed by atoms with Gasteiger partial charge in [0, 0.05) is 12.4 Å². The van der Waals surface area contributed by atoms with Crippen LogP contribution in [0.25, 0.3) is 11.0 Å². The summed E-state index contributed by atoms with van der Waals surface area (Å²) in [4.78, 5) is 23.4. The highest BCUT2D eigenvalue weighted by atomic mass is 16.1. The highest BCUT2D eigenvalue weighted by Gasteiger charge is 2.13. The smallest absolute Gasteiger partial charge is 0.261 e. The number of fused-ring (bicyclic) bond motifs is 1. The molecule has 3 rings (SSSR count). The molecule has 0 unspecified atom stereocenters. The summed E-state index contributed by atoms with van der Waals surface area (Å²) < 4.78 is 0. The molecule has 0 aliphatic rings. The molecule has 0 bridgehead atoms. The Hall–Kier alpha value is -2.93. The first-order valence-electron chi connectivity index (χ1n) is 5.94. The fourth-order valence-electron chi connectivity index (χ4n) is 1.89. The second kappa shape index (κ2) is 4.98. The minimum absolute atomic E-state index is 0.342. The number of H-pyrrole nitrogens is 1. The van der Waals surface area contributed by atoms with Gasteiger partial charge in [-0.05, 0) is 18.2 Å². The number of imidazole rings is 1. The van der Waals surface area contributed by atoms with Crippen LogP contribution in [0.1, 0.15) is 10.4 Å². The molecule has 0 spiro atoms. The Labute approximate surface area is 114 Å². The molecule has 0 aliphatic carbocycles. The number of nitrogens with two attached hydrogens (primary N) is 1. The van der Waals surface area contributed by atoms with Crippen molar-refractivity contribution in [1.82, 2.24) is 15.0 Å².